The van der Waals surface area contributed by atoms with Crippen molar-refractivity contribution in [1.82, 2.24) is 0 Å². The standard InChI is InChI=1S/C16H21NO3/c1-5-20-15(19)12-6-8-13(9-7-12)17-11-10-14(18)16(2,3)4/h6-9,11H,5,10H2,1-4H3. The molecule has 108 valence electrons. The summed E-state index contributed by atoms with van der Waals surface area (Å²) in [6.45, 7) is 7.78. The third kappa shape index (κ3) is 4.96. The van der Waals surface area contributed by atoms with Crippen molar-refractivity contribution in [2.24, 2.45) is 10.4 Å². The van der Waals surface area contributed by atoms with Gasteiger partial charge in [-0.2, -0.15) is 0 Å². The van der Waals surface area contributed by atoms with Crippen LogP contribution in [0.25, 0.3) is 0 Å². The molecule has 0 heterocycles. The highest BCUT2D eigenvalue weighted by molar-refractivity contribution is 5.95. The molecule has 0 unspecified atom stereocenters. The van der Waals surface area contributed by atoms with Gasteiger partial charge in [-0.15, -0.1) is 0 Å². The molecule has 1 rings (SSSR count). The maximum absolute atomic E-state index is 11.7. The second-order valence-corrected chi connectivity index (χ2v) is 5.46. The van der Waals surface area contributed by atoms with E-state index in [0.717, 1.165) is 0 Å². The summed E-state index contributed by atoms with van der Waals surface area (Å²) in [5.41, 5.74) is 0.857. The Bertz CT molecular complexity index is 495. The minimum atomic E-state index is -0.347. The predicted molar refractivity (Wildman–Crippen MR) is 79.6 cm³/mol. The normalized spacial score (nSPS) is 11.6. The number of carbonyl (C=O) groups is 2. The summed E-state index contributed by atoms with van der Waals surface area (Å²) in [5, 5.41) is 0. The first kappa shape index (κ1) is 16.1. The lowest BCUT2D eigenvalue weighted by molar-refractivity contribution is -0.124. The number of nitrogens with zero attached hydrogens (tertiary/aromatic N) is 1. The van der Waals surface area contributed by atoms with Crippen molar-refractivity contribution in [3.05, 3.63) is 29.8 Å². The fourth-order valence-corrected chi connectivity index (χ4v) is 1.44. The SMILES string of the molecule is CCOC(=O)c1ccc(N=CCC(=O)C(C)(C)C)cc1. The molecule has 4 heteroatoms. The number of rotatable bonds is 5. The number of hydrogen-bond acceptors (Lipinski definition) is 4. The van der Waals surface area contributed by atoms with Crippen LogP contribution in [0.5, 0.6) is 0 Å². The van der Waals surface area contributed by atoms with Crippen LogP contribution >= 0.6 is 0 Å². The van der Waals surface area contributed by atoms with Gasteiger partial charge in [0.15, 0.2) is 0 Å². The smallest absolute Gasteiger partial charge is 0.338 e. The van der Waals surface area contributed by atoms with Crippen LogP contribution in [0.15, 0.2) is 29.3 Å². The first-order chi connectivity index (χ1) is 9.34. The molecule has 0 saturated heterocycles. The fourth-order valence-electron chi connectivity index (χ4n) is 1.44. The van der Waals surface area contributed by atoms with Gasteiger partial charge in [0.1, 0.15) is 5.78 Å². The Labute approximate surface area is 119 Å². The first-order valence-corrected chi connectivity index (χ1v) is 6.67. The monoisotopic (exact) mass is 275 g/mol. The highest BCUT2D eigenvalue weighted by Crippen LogP contribution is 2.17. The molecule has 0 aromatic heterocycles. The molecule has 0 aliphatic carbocycles. The molecular formula is C16H21NO3. The van der Waals surface area contributed by atoms with Crippen molar-refractivity contribution in [3.63, 3.8) is 0 Å². The molecule has 1 aromatic rings. The van der Waals surface area contributed by atoms with Crippen LogP contribution in [0.2, 0.25) is 0 Å². The number of ether oxygens (including phenoxy) is 1. The van der Waals surface area contributed by atoms with Gasteiger partial charge in [0, 0.05) is 18.1 Å². The van der Waals surface area contributed by atoms with Gasteiger partial charge in [0.05, 0.1) is 17.9 Å². The quantitative estimate of drug-likeness (QED) is 0.609. The van der Waals surface area contributed by atoms with Crippen LogP contribution < -0.4 is 0 Å². The van der Waals surface area contributed by atoms with Crippen LogP contribution in [-0.4, -0.2) is 24.6 Å². The summed E-state index contributed by atoms with van der Waals surface area (Å²) in [4.78, 5) is 27.4. The van der Waals surface area contributed by atoms with E-state index >= 15 is 0 Å². The van der Waals surface area contributed by atoms with Gasteiger partial charge in [-0.25, -0.2) is 4.79 Å². The van der Waals surface area contributed by atoms with Gasteiger partial charge >= 0.3 is 5.97 Å². The van der Waals surface area contributed by atoms with Crippen LogP contribution in [0.4, 0.5) is 5.69 Å². The van der Waals surface area contributed by atoms with Crippen molar-refractivity contribution in [3.8, 4) is 0 Å². The molecule has 0 aliphatic rings. The average Bonchev–Trinajstić information content (AvgIpc) is 2.38. The Morgan fingerprint density at radius 2 is 1.80 bits per heavy atom. The van der Waals surface area contributed by atoms with Gasteiger partial charge in [0.25, 0.3) is 0 Å². The average molecular weight is 275 g/mol. The maximum atomic E-state index is 11.7. The molecule has 0 bridgehead atoms. The summed E-state index contributed by atoms with van der Waals surface area (Å²) >= 11 is 0. The lowest BCUT2D eigenvalue weighted by atomic mass is 9.89. The third-order valence-corrected chi connectivity index (χ3v) is 2.73. The van der Waals surface area contributed by atoms with E-state index in [4.69, 9.17) is 4.74 Å². The molecule has 0 amide bonds. The minimum absolute atomic E-state index is 0.143. The highest BCUT2D eigenvalue weighted by atomic mass is 16.5. The largest absolute Gasteiger partial charge is 0.462 e. The number of hydrogen-bond donors (Lipinski definition) is 0. The Morgan fingerprint density at radius 1 is 1.20 bits per heavy atom. The third-order valence-electron chi connectivity index (χ3n) is 2.73. The predicted octanol–water partition coefficient (Wildman–Crippen LogP) is 3.57. The van der Waals surface area contributed by atoms with Gasteiger partial charge < -0.3 is 4.74 Å². The molecule has 0 aliphatic heterocycles. The molecule has 0 N–H and O–H groups in total. The molecular weight excluding hydrogens is 254 g/mol. The molecule has 20 heavy (non-hydrogen) atoms. The van der Waals surface area contributed by atoms with E-state index in [9.17, 15) is 9.59 Å². The van der Waals surface area contributed by atoms with Crippen molar-refractivity contribution < 1.29 is 14.3 Å². The Hall–Kier alpha value is -1.97. The van der Waals surface area contributed by atoms with E-state index < -0.39 is 0 Å². The van der Waals surface area contributed by atoms with E-state index in [-0.39, 0.29) is 17.2 Å². The van der Waals surface area contributed by atoms with Gasteiger partial charge in [0.2, 0.25) is 0 Å². The summed E-state index contributed by atoms with van der Waals surface area (Å²) in [6.07, 6.45) is 1.91. The summed E-state index contributed by atoms with van der Waals surface area (Å²) < 4.78 is 4.90. The lowest BCUT2D eigenvalue weighted by Gasteiger charge is -2.14. The van der Waals surface area contributed by atoms with Gasteiger partial charge in [-0.05, 0) is 31.2 Å². The molecule has 0 spiro atoms. The first-order valence-electron chi connectivity index (χ1n) is 6.67. The zero-order chi connectivity index (χ0) is 15.2. The van der Waals surface area contributed by atoms with Crippen LogP contribution in [-0.2, 0) is 9.53 Å². The molecule has 1 aromatic carbocycles. The Kier molecular flexibility index (Phi) is 5.62. The van der Waals surface area contributed by atoms with Crippen molar-refractivity contribution in [1.29, 1.82) is 0 Å². The van der Waals surface area contributed by atoms with Crippen LogP contribution in [0, 0.1) is 5.41 Å². The molecule has 0 atom stereocenters. The molecule has 4 nitrogen and oxygen atoms in total. The number of esters is 1. The highest BCUT2D eigenvalue weighted by Gasteiger charge is 2.19. The topological polar surface area (TPSA) is 55.7 Å². The minimum Gasteiger partial charge on any atom is -0.462 e. The van der Waals surface area contributed by atoms with Crippen LogP contribution in [0.1, 0.15) is 44.5 Å². The van der Waals surface area contributed by atoms with Crippen molar-refractivity contribution in [2.75, 3.05) is 6.61 Å². The second kappa shape index (κ2) is 6.98. The van der Waals surface area contributed by atoms with E-state index in [2.05, 4.69) is 4.99 Å². The van der Waals surface area contributed by atoms with Crippen molar-refractivity contribution in [2.45, 2.75) is 34.1 Å². The van der Waals surface area contributed by atoms with Crippen molar-refractivity contribution >= 4 is 23.7 Å². The summed E-state index contributed by atoms with van der Waals surface area (Å²) in [6, 6.07) is 6.78. The Morgan fingerprint density at radius 3 is 2.30 bits per heavy atom. The van der Waals surface area contributed by atoms with Gasteiger partial charge in [-0.1, -0.05) is 20.8 Å². The molecule has 0 radical (unpaired) electrons. The number of carbonyl (C=O) groups excluding carboxylic acids is 2. The zero-order valence-corrected chi connectivity index (χ0v) is 12.5. The van der Waals surface area contributed by atoms with Gasteiger partial charge in [-0.3, -0.25) is 9.79 Å². The number of aliphatic imine (C=N–C) groups is 1. The number of benzene rings is 1. The van der Waals surface area contributed by atoms with E-state index in [1.54, 1.807) is 37.4 Å². The maximum Gasteiger partial charge on any atom is 0.338 e. The fraction of sp³-hybridized carbons (Fsp3) is 0.438. The number of ketones is 1. The second-order valence-electron chi connectivity index (χ2n) is 5.46. The lowest BCUT2D eigenvalue weighted by Crippen LogP contribution is -2.19. The molecule has 0 saturated carbocycles. The number of Topliss-reactive ketones (excluding diaryl/α,β-unsaturated/α-hetero) is 1. The van der Waals surface area contributed by atoms with E-state index in [0.29, 0.717) is 24.3 Å². The van der Waals surface area contributed by atoms with E-state index in [1.807, 2.05) is 20.8 Å². The Balaban J connectivity index is 2.62. The zero-order valence-electron chi connectivity index (χ0n) is 12.5. The summed E-state index contributed by atoms with van der Waals surface area (Å²) in [5.74, 6) is -0.199. The van der Waals surface area contributed by atoms with Crippen LogP contribution in [0.3, 0.4) is 0 Å². The molecule has 0 fully saturated rings. The van der Waals surface area contributed by atoms with E-state index in [1.165, 1.54) is 0 Å². The summed E-state index contributed by atoms with van der Waals surface area (Å²) in [7, 11) is 0.